The fourth-order valence-electron chi connectivity index (χ4n) is 16.6. The number of rotatable bonds is 37. The molecule has 14 fully saturated rings. The van der Waals surface area contributed by atoms with Crippen molar-refractivity contribution in [3.8, 4) is 0 Å². The lowest BCUT2D eigenvalue weighted by molar-refractivity contribution is -0.145. The molecule has 15 rings (SSSR count). The van der Waals surface area contributed by atoms with Gasteiger partial charge < -0.3 is 43.8 Å². The van der Waals surface area contributed by atoms with Gasteiger partial charge in [0.1, 0.15) is 30.9 Å². The SMILES string of the molecule is BrC/C=C/CC1CCC1.C=CC(O)CC1CCC1.CCOC(=O)C=C1CCC1.CCOC(=O)CC1CCC1.C[C@@H]1CC(C(Br)CC2CCC2)OC1=O.C[C@@H]1CC(C(CC2CCC2)N=[N+]=[N-])OC1=O.C[C@H](C/C=C/CC1CCC1)C(=O)N1C(=O)OC[C@@H]1Cc1ccccc1.C[C@H](C[C@H](O)C(CC1CCC1)N=[N+]=[N-])C(=O)O.IC/C=C/CC1CCC1.O=C1CCC1.O=CCC1CCC1. The van der Waals surface area contributed by atoms with Crippen LogP contribution in [0.4, 0.5) is 4.79 Å². The van der Waals surface area contributed by atoms with E-state index in [1.54, 1.807) is 19.1 Å². The number of carboxylic acid groups (broad SMARTS) is 1. The Kier molecular flexibility index (Phi) is 60.5. The molecule has 6 unspecified atom stereocenters. The van der Waals surface area contributed by atoms with Gasteiger partial charge in [0.2, 0.25) is 5.91 Å². The van der Waals surface area contributed by atoms with Gasteiger partial charge in [-0.25, -0.2) is 14.5 Å². The highest BCUT2D eigenvalue weighted by Crippen LogP contribution is 2.40. The van der Waals surface area contributed by atoms with E-state index in [-0.39, 0.29) is 91.0 Å². The number of hydrogen-bond donors (Lipinski definition) is 3. The van der Waals surface area contributed by atoms with Gasteiger partial charge in [-0.15, -0.1) is 6.58 Å². The van der Waals surface area contributed by atoms with Crippen molar-refractivity contribution >= 4 is 108 Å². The van der Waals surface area contributed by atoms with Gasteiger partial charge in [-0.05, 0) is 199 Å². The number of aliphatic hydroxyl groups excluding tert-OH is 2. The van der Waals surface area contributed by atoms with Crippen molar-refractivity contribution in [3.05, 3.63) is 118 Å². The first kappa shape index (κ1) is 115. The maximum Gasteiger partial charge on any atom is 0.416 e. The van der Waals surface area contributed by atoms with Crippen LogP contribution in [0.1, 0.15) is 342 Å². The van der Waals surface area contributed by atoms with Gasteiger partial charge in [0.15, 0.2) is 0 Å². The number of nitrogens with zero attached hydrogens (tertiary/aromatic N) is 7. The number of carbonyl (C=O) groups excluding carboxylic acids is 8. The minimum absolute atomic E-state index is 0.0203. The molecule has 24 nitrogen and oxygen atoms in total. The minimum Gasteiger partial charge on any atom is -0.481 e. The Balaban J connectivity index is 0.000000262. The maximum atomic E-state index is 12.7. The number of aliphatic carboxylic acids is 1. The molecule has 131 heavy (non-hydrogen) atoms. The molecule has 0 radical (unpaired) electrons. The van der Waals surface area contributed by atoms with Crippen molar-refractivity contribution in [2.75, 3.05) is 29.6 Å². The number of ether oxygens (including phenoxy) is 5. The lowest BCUT2D eigenvalue weighted by Crippen LogP contribution is -2.42. The molecule has 736 valence electrons. The summed E-state index contributed by atoms with van der Waals surface area (Å²) >= 11 is 9.39. The molecule has 0 bridgehead atoms. The van der Waals surface area contributed by atoms with Crippen LogP contribution >= 0.6 is 54.5 Å². The first-order valence-corrected chi connectivity index (χ1v) is 53.7. The van der Waals surface area contributed by atoms with E-state index in [9.17, 15) is 48.3 Å². The Hall–Kier alpha value is -6.22. The lowest BCUT2D eigenvalue weighted by Gasteiger charge is -2.30. The van der Waals surface area contributed by atoms with Crippen LogP contribution < -0.4 is 0 Å². The quantitative estimate of drug-likeness (QED) is 0.00532. The van der Waals surface area contributed by atoms with E-state index in [4.69, 9.17) is 45.0 Å². The Morgan fingerprint density at radius 3 is 1.45 bits per heavy atom. The zero-order valence-electron chi connectivity index (χ0n) is 80.0. The monoisotopic (exact) mass is 2070 g/mol. The smallest absolute Gasteiger partial charge is 0.416 e. The maximum absolute atomic E-state index is 12.7. The van der Waals surface area contributed by atoms with E-state index in [2.05, 4.69) is 118 Å². The van der Waals surface area contributed by atoms with Gasteiger partial charge in [-0.1, -0.05) is 331 Å². The molecular formula is C104H162Br2IN7O17. The van der Waals surface area contributed by atoms with Gasteiger partial charge >= 0.3 is 35.9 Å². The number of aliphatic hydroxyl groups is 2. The van der Waals surface area contributed by atoms with Crippen LogP contribution in [-0.2, 0) is 68.5 Å². The number of aldehydes is 1. The highest BCUT2D eigenvalue weighted by atomic mass is 127. The fraction of sp³-hybridized carbons (Fsp3) is 0.760. The van der Waals surface area contributed by atoms with Crippen molar-refractivity contribution in [1.82, 2.24) is 4.90 Å². The summed E-state index contributed by atoms with van der Waals surface area (Å²) in [7, 11) is 0. The molecule has 27 heteroatoms. The highest BCUT2D eigenvalue weighted by Gasteiger charge is 2.42. The fourth-order valence-corrected chi connectivity index (χ4v) is 18.1. The van der Waals surface area contributed by atoms with Gasteiger partial charge in [0.05, 0.1) is 66.1 Å². The van der Waals surface area contributed by atoms with Crippen molar-refractivity contribution in [1.29, 1.82) is 0 Å². The molecule has 12 atom stereocenters. The van der Waals surface area contributed by atoms with Crippen molar-refractivity contribution in [3.63, 3.8) is 0 Å². The number of cyclic esters (lactones) is 3. The number of amides is 2. The van der Waals surface area contributed by atoms with Gasteiger partial charge in [-0.3, -0.25) is 28.8 Å². The lowest BCUT2D eigenvalue weighted by atomic mass is 9.79. The summed E-state index contributed by atoms with van der Waals surface area (Å²) in [6.45, 7) is 15.7. The first-order chi connectivity index (χ1) is 63.2. The van der Waals surface area contributed by atoms with Gasteiger partial charge in [0.25, 0.3) is 0 Å². The number of allylic oxidation sites excluding steroid dienone is 7. The largest absolute Gasteiger partial charge is 0.481 e. The predicted molar refractivity (Wildman–Crippen MR) is 533 cm³/mol. The highest BCUT2D eigenvalue weighted by molar-refractivity contribution is 14.1. The van der Waals surface area contributed by atoms with Crippen molar-refractivity contribution < 1.29 is 82.2 Å². The second-order valence-corrected chi connectivity index (χ2v) is 41.4. The normalized spacial score (nSPS) is 23.5. The summed E-state index contributed by atoms with van der Waals surface area (Å²) in [4.78, 5) is 107. The van der Waals surface area contributed by atoms with Crippen LogP contribution in [0.15, 0.2) is 101 Å². The molecule has 2 amide bonds. The standard InChI is InChI=1S/C21H27NO3.C11H17BrO2.C11H19N3O3.C11H17N3O2.C8H13Br.C8H13I.C8H14O2.C8H12O2.C8H14O.C6H10O.C4H6O/c1-16(8-5-6-9-17-12-7-13-17)20(23)22-19(15-25-21(22)24)14-18-10-3-2-4-11-18;1-7-5-10(14-11(7)13)9(12)6-8-3-2-4-8;1-7(11(16)17)5-10(15)9(13-14-12)6-8-3-2-4-8;1-7-5-10(16-11(7)15)9(13-14-12)6-8-3-2-4-8;2*9-7-2-1-4-8-5-3-6-8;2*1-2-10-8(9)6-7-4-3-5-7;1-2-8(9)6-7-4-3-5-7;7-5-4-6-2-1-3-6;5-4-2-1-3-4/h2-6,10-11,16-17,19H,7-9,12-15H2,1H3;7-10H,2-6H2,1H3;7-10,15H,2-6H2,1H3,(H,16,17);7-10H,2-6H2,1H3;2*1-2,8H,3-7H2;7H,2-6H2,1H3;6H,2-5H2,1H3;2,7-9H,1,3-6H2;5-6H,1-4H2;1-3H2/b6-5+;;;;2*2-1+;;;;;/t16-,19+;7-,9?,10?;7-,9?,10+;7-,9?,10?;;;;;;;/m1111......./s1. The number of ketones is 1. The van der Waals surface area contributed by atoms with E-state index in [1.165, 1.54) is 201 Å². The Morgan fingerprint density at radius 2 is 1.05 bits per heavy atom. The van der Waals surface area contributed by atoms with Crippen molar-refractivity contribution in [2.45, 2.75) is 391 Å². The molecule has 14 aliphatic rings. The molecule has 11 aliphatic carbocycles. The zero-order chi connectivity index (χ0) is 95.5. The number of halogens is 3. The number of esters is 4. The third-order valence-corrected chi connectivity index (χ3v) is 29.8. The average molecular weight is 2070 g/mol. The van der Waals surface area contributed by atoms with E-state index in [0.29, 0.717) is 73.7 Å². The van der Waals surface area contributed by atoms with Crippen LogP contribution in [0.25, 0.3) is 20.9 Å². The number of Topliss-reactive ketones (excluding diaryl/α,β-unsaturated/α-hetero) is 1. The molecule has 1 aromatic rings. The second-order valence-electron chi connectivity index (χ2n) is 38.7. The minimum atomic E-state index is -0.938. The number of carboxylic acids is 1. The van der Waals surface area contributed by atoms with Crippen LogP contribution in [0.5, 0.6) is 0 Å². The van der Waals surface area contributed by atoms with Crippen LogP contribution in [0.2, 0.25) is 0 Å². The molecule has 3 heterocycles. The molecule has 11 saturated carbocycles. The number of azide groups is 2. The van der Waals surface area contributed by atoms with E-state index < -0.39 is 30.1 Å². The summed E-state index contributed by atoms with van der Waals surface area (Å²) in [5.41, 5.74) is 19.4. The number of alkyl halides is 3. The molecular weight excluding hydrogens is 1910 g/mol. The van der Waals surface area contributed by atoms with E-state index in [0.717, 1.165) is 130 Å². The summed E-state index contributed by atoms with van der Waals surface area (Å²) in [5.74, 6) is 5.35. The predicted octanol–water partition coefficient (Wildman–Crippen LogP) is 25.9. The van der Waals surface area contributed by atoms with E-state index in [1.807, 2.05) is 65.0 Å². The molecule has 0 aromatic heterocycles. The van der Waals surface area contributed by atoms with Crippen LogP contribution in [0.3, 0.4) is 0 Å². The molecule has 1 aromatic carbocycles. The summed E-state index contributed by atoms with van der Waals surface area (Å²) < 4.78 is 26.4. The van der Waals surface area contributed by atoms with Crippen molar-refractivity contribution in [2.24, 2.45) is 87.2 Å². The summed E-state index contributed by atoms with van der Waals surface area (Å²) in [5, 5.41) is 36.2. The number of benzene rings is 1. The third kappa shape index (κ3) is 48.4. The summed E-state index contributed by atoms with van der Waals surface area (Å²) in [6, 6.07) is 9.06. The van der Waals surface area contributed by atoms with Gasteiger partial charge in [0, 0.05) is 57.3 Å². The van der Waals surface area contributed by atoms with Crippen LogP contribution in [-0.4, -0.2) is 151 Å². The average Bonchev–Trinajstić information content (AvgIpc) is 1.73. The second kappa shape index (κ2) is 68.7. The Morgan fingerprint density at radius 1 is 0.595 bits per heavy atom. The Bertz CT molecular complexity index is 3650. The number of imide groups is 1. The summed E-state index contributed by atoms with van der Waals surface area (Å²) in [6.07, 6.45) is 69.7. The topological polar surface area (TPSA) is 361 Å². The first-order valence-electron chi connectivity index (χ1n) is 50.2. The zero-order valence-corrected chi connectivity index (χ0v) is 85.3. The third-order valence-electron chi connectivity index (χ3n) is 28.0. The molecule has 0 spiro atoms. The van der Waals surface area contributed by atoms with E-state index >= 15 is 0 Å². The molecule has 3 N–H and O–H groups in total. The number of hydrogen-bond acceptors (Lipinski definition) is 18. The molecule has 3 saturated heterocycles. The molecule has 3 aliphatic heterocycles. The van der Waals surface area contributed by atoms with Crippen LogP contribution in [0, 0.1) is 76.9 Å². The number of carbonyl (C=O) groups is 9. The Labute approximate surface area is 814 Å². The van der Waals surface area contributed by atoms with Gasteiger partial charge in [-0.2, -0.15) is 0 Å².